The molecule has 1 atom stereocenters. The maximum atomic E-state index is 12.3. The van der Waals surface area contributed by atoms with Crippen LogP contribution in [0.15, 0.2) is 48.3 Å². The number of amides is 1. The summed E-state index contributed by atoms with van der Waals surface area (Å²) < 4.78 is 11.7. The molecule has 1 aliphatic carbocycles. The predicted molar refractivity (Wildman–Crippen MR) is 108 cm³/mol. The summed E-state index contributed by atoms with van der Waals surface area (Å²) in [4.78, 5) is 16.5. The summed E-state index contributed by atoms with van der Waals surface area (Å²) in [6, 6.07) is 9.96. The molecular formula is C23H26N2O3. The molecule has 0 unspecified atom stereocenters. The lowest BCUT2D eigenvalue weighted by molar-refractivity contribution is -0.118. The minimum Gasteiger partial charge on any atom is -0.493 e. The number of aromatic nitrogens is 1. The van der Waals surface area contributed by atoms with Gasteiger partial charge in [-0.2, -0.15) is 0 Å². The van der Waals surface area contributed by atoms with Gasteiger partial charge in [0.25, 0.3) is 0 Å². The van der Waals surface area contributed by atoms with Gasteiger partial charge in [-0.3, -0.25) is 9.78 Å². The lowest BCUT2D eigenvalue weighted by Gasteiger charge is -2.26. The van der Waals surface area contributed by atoms with E-state index in [2.05, 4.69) is 22.4 Å². The third-order valence-corrected chi connectivity index (χ3v) is 5.55. The molecule has 5 nitrogen and oxygen atoms in total. The molecule has 2 heterocycles. The van der Waals surface area contributed by atoms with Gasteiger partial charge in [0.05, 0.1) is 13.2 Å². The highest BCUT2D eigenvalue weighted by Gasteiger charge is 2.26. The lowest BCUT2D eigenvalue weighted by atomic mass is 9.87. The number of carbonyl (C=O) groups is 1. The van der Waals surface area contributed by atoms with Crippen LogP contribution in [0.5, 0.6) is 11.5 Å². The molecule has 2 aromatic rings. The molecule has 28 heavy (non-hydrogen) atoms. The molecule has 0 spiro atoms. The van der Waals surface area contributed by atoms with E-state index in [0.29, 0.717) is 13.0 Å². The van der Waals surface area contributed by atoms with Crippen molar-refractivity contribution < 1.29 is 14.3 Å². The van der Waals surface area contributed by atoms with Crippen LogP contribution in [0.1, 0.15) is 49.1 Å². The van der Waals surface area contributed by atoms with E-state index in [0.717, 1.165) is 41.0 Å². The molecule has 2 fully saturated rings. The minimum absolute atomic E-state index is 0.00366. The fourth-order valence-electron chi connectivity index (χ4n) is 4.01. The highest BCUT2D eigenvalue weighted by molar-refractivity contribution is 5.98. The van der Waals surface area contributed by atoms with Crippen LogP contribution >= 0.6 is 0 Å². The van der Waals surface area contributed by atoms with E-state index in [1.165, 1.54) is 12.8 Å². The third kappa shape index (κ3) is 4.19. The number of pyridine rings is 1. The zero-order valence-corrected chi connectivity index (χ0v) is 16.2. The monoisotopic (exact) mass is 378 g/mol. The summed E-state index contributed by atoms with van der Waals surface area (Å²) >= 11 is 0. The number of nitrogens with one attached hydrogen (secondary N) is 1. The third-order valence-electron chi connectivity index (χ3n) is 5.55. The number of hydrogen-bond acceptors (Lipinski definition) is 4. The van der Waals surface area contributed by atoms with Crippen molar-refractivity contribution in [1.82, 2.24) is 10.3 Å². The largest absolute Gasteiger partial charge is 0.493 e. The molecule has 5 heteroatoms. The highest BCUT2D eigenvalue weighted by Crippen LogP contribution is 2.36. The number of hydrogen-bond donors (Lipinski definition) is 1. The molecule has 0 radical (unpaired) electrons. The van der Waals surface area contributed by atoms with Gasteiger partial charge in [-0.15, -0.1) is 0 Å². The molecule has 1 aromatic heterocycles. The van der Waals surface area contributed by atoms with Gasteiger partial charge in [0, 0.05) is 30.4 Å². The maximum absolute atomic E-state index is 12.3. The van der Waals surface area contributed by atoms with Gasteiger partial charge in [-0.05, 0) is 67.5 Å². The molecule has 1 saturated heterocycles. The number of nitrogens with zero attached hydrogens (tertiary/aromatic N) is 1. The number of ether oxygens (including phenoxy) is 2. The summed E-state index contributed by atoms with van der Waals surface area (Å²) in [5, 5.41) is 3.02. The molecule has 1 aliphatic heterocycles. The quantitative estimate of drug-likeness (QED) is 0.796. The van der Waals surface area contributed by atoms with Crippen LogP contribution in [-0.4, -0.2) is 30.6 Å². The average Bonchev–Trinajstić information content (AvgIpc) is 3.23. The first-order chi connectivity index (χ1) is 13.7. The lowest BCUT2D eigenvalue weighted by Crippen LogP contribution is -2.35. The van der Waals surface area contributed by atoms with Gasteiger partial charge in [0.1, 0.15) is 0 Å². The second kappa shape index (κ2) is 8.46. The smallest absolute Gasteiger partial charge is 0.247 e. The van der Waals surface area contributed by atoms with E-state index < -0.39 is 0 Å². The van der Waals surface area contributed by atoms with Crippen molar-refractivity contribution in [2.75, 3.05) is 13.7 Å². The Hall–Kier alpha value is -2.82. The first kappa shape index (κ1) is 18.5. The molecule has 146 valence electrons. The Morgan fingerprint density at radius 3 is 2.79 bits per heavy atom. The predicted octanol–water partition coefficient (Wildman–Crippen LogP) is 4.10. The van der Waals surface area contributed by atoms with Crippen molar-refractivity contribution in [1.29, 1.82) is 0 Å². The maximum Gasteiger partial charge on any atom is 0.247 e. The van der Waals surface area contributed by atoms with Gasteiger partial charge < -0.3 is 14.8 Å². The minimum atomic E-state index is -0.00366. The summed E-state index contributed by atoms with van der Waals surface area (Å²) in [6.07, 6.45) is 11.0. The molecule has 1 saturated carbocycles. The molecule has 1 N–H and O–H groups in total. The van der Waals surface area contributed by atoms with Gasteiger partial charge in [0.15, 0.2) is 11.5 Å². The van der Waals surface area contributed by atoms with E-state index >= 15 is 0 Å². The van der Waals surface area contributed by atoms with Crippen molar-refractivity contribution in [2.24, 2.45) is 0 Å². The summed E-state index contributed by atoms with van der Waals surface area (Å²) in [7, 11) is 1.67. The van der Waals surface area contributed by atoms with Crippen LogP contribution in [0.2, 0.25) is 0 Å². The van der Waals surface area contributed by atoms with Crippen LogP contribution < -0.4 is 14.8 Å². The Labute approximate surface area is 165 Å². The zero-order chi connectivity index (χ0) is 19.3. The number of benzene rings is 1. The van der Waals surface area contributed by atoms with Crippen molar-refractivity contribution in [3.63, 3.8) is 0 Å². The SMILES string of the molecule is COc1ccc([C@H]2CNC(=O)/C(=C/c3cccnc3)C2)cc1OC1CCCC1. The summed E-state index contributed by atoms with van der Waals surface area (Å²) in [5.41, 5.74) is 2.87. The number of rotatable bonds is 5. The standard InChI is InChI=1S/C23H26N2O3/c1-27-21-9-8-17(13-22(21)28-20-6-2-3-7-20)19-12-18(23(26)25-15-19)11-16-5-4-10-24-14-16/h4-5,8-11,13-14,19-20H,2-3,6-7,12,15H2,1H3,(H,25,26)/b18-11+/t19-/m1/s1. The normalized spacial score (nSPS) is 21.5. The highest BCUT2D eigenvalue weighted by atomic mass is 16.5. The van der Waals surface area contributed by atoms with Crippen LogP contribution in [0.25, 0.3) is 6.08 Å². The number of methoxy groups -OCH3 is 1. The van der Waals surface area contributed by atoms with Gasteiger partial charge in [-0.1, -0.05) is 12.1 Å². The Balaban J connectivity index is 1.56. The van der Waals surface area contributed by atoms with E-state index in [4.69, 9.17) is 9.47 Å². The Bertz CT molecular complexity index is 857. The molecule has 1 amide bonds. The second-order valence-corrected chi connectivity index (χ2v) is 7.50. The van der Waals surface area contributed by atoms with Crippen LogP contribution in [-0.2, 0) is 4.79 Å². The van der Waals surface area contributed by atoms with E-state index in [1.807, 2.05) is 24.3 Å². The summed E-state index contributed by atoms with van der Waals surface area (Å²) in [5.74, 6) is 1.77. The Morgan fingerprint density at radius 1 is 1.18 bits per heavy atom. The van der Waals surface area contributed by atoms with Crippen LogP contribution in [0.3, 0.4) is 0 Å². The van der Waals surface area contributed by atoms with E-state index in [-0.39, 0.29) is 17.9 Å². The summed E-state index contributed by atoms with van der Waals surface area (Å²) in [6.45, 7) is 0.623. The zero-order valence-electron chi connectivity index (χ0n) is 16.2. The first-order valence-corrected chi connectivity index (χ1v) is 9.96. The van der Waals surface area contributed by atoms with Gasteiger partial charge in [-0.25, -0.2) is 0 Å². The molecule has 4 rings (SSSR count). The van der Waals surface area contributed by atoms with Crippen molar-refractivity contribution >= 4 is 12.0 Å². The Kier molecular flexibility index (Phi) is 5.60. The van der Waals surface area contributed by atoms with Gasteiger partial charge >= 0.3 is 0 Å². The van der Waals surface area contributed by atoms with Crippen molar-refractivity contribution in [3.8, 4) is 11.5 Å². The van der Waals surface area contributed by atoms with Crippen LogP contribution in [0.4, 0.5) is 0 Å². The second-order valence-electron chi connectivity index (χ2n) is 7.50. The average molecular weight is 378 g/mol. The van der Waals surface area contributed by atoms with E-state index in [1.54, 1.807) is 19.5 Å². The Morgan fingerprint density at radius 2 is 2.04 bits per heavy atom. The van der Waals surface area contributed by atoms with E-state index in [9.17, 15) is 4.79 Å². The molecular weight excluding hydrogens is 352 g/mol. The van der Waals surface area contributed by atoms with Crippen molar-refractivity contribution in [2.45, 2.75) is 44.1 Å². The fourth-order valence-corrected chi connectivity index (χ4v) is 4.01. The molecule has 2 aliphatic rings. The molecule has 1 aromatic carbocycles. The number of carbonyl (C=O) groups excluding carboxylic acids is 1. The van der Waals surface area contributed by atoms with Crippen molar-refractivity contribution in [3.05, 3.63) is 59.4 Å². The topological polar surface area (TPSA) is 60.5 Å². The van der Waals surface area contributed by atoms with Gasteiger partial charge in [0.2, 0.25) is 5.91 Å². The fraction of sp³-hybridized carbons (Fsp3) is 0.391. The van der Waals surface area contributed by atoms with Crippen LogP contribution in [0, 0.1) is 0 Å². The first-order valence-electron chi connectivity index (χ1n) is 9.96. The molecule has 0 bridgehead atoms. The number of piperidine rings is 1.